The molecule has 86 valence electrons. The van der Waals surface area contributed by atoms with Crippen molar-refractivity contribution in [3.05, 3.63) is 0 Å². The predicted molar refractivity (Wildman–Crippen MR) is 68.0 cm³/mol. The molecule has 0 rings (SSSR count). The van der Waals surface area contributed by atoms with Crippen LogP contribution in [0.2, 0.25) is 6.04 Å². The highest BCUT2D eigenvalue weighted by molar-refractivity contribution is 6.52. The monoisotopic (exact) mass is 216 g/mol. The normalized spacial score (nSPS) is 13.3. The summed E-state index contributed by atoms with van der Waals surface area (Å²) in [4.78, 5) is 0. The molecule has 0 radical (unpaired) electrons. The Hall–Kier alpha value is 0.137. The van der Waals surface area contributed by atoms with Gasteiger partial charge >= 0.3 is 0 Å². The largest absolute Gasteiger partial charge is 0.320 e. The van der Waals surface area contributed by atoms with Gasteiger partial charge in [0.2, 0.25) is 0 Å². The molecule has 0 aromatic heterocycles. The minimum absolute atomic E-state index is 0.498. The summed E-state index contributed by atoms with van der Waals surface area (Å²) in [5, 5.41) is 0. The van der Waals surface area contributed by atoms with E-state index < -0.39 is 9.12 Å². The van der Waals surface area contributed by atoms with Crippen LogP contribution in [0, 0.1) is 5.41 Å². The topological polar surface area (TPSA) is 6.48 Å². The van der Waals surface area contributed by atoms with Crippen molar-refractivity contribution in [2.45, 2.75) is 39.7 Å². The number of rotatable bonds is 5. The maximum absolute atomic E-state index is 2.43. The van der Waals surface area contributed by atoms with Crippen molar-refractivity contribution in [1.29, 1.82) is 0 Å². The summed E-state index contributed by atoms with van der Waals surface area (Å²) in [6, 6.07) is 1.40. The van der Waals surface area contributed by atoms with Crippen LogP contribution in [0.15, 0.2) is 0 Å². The van der Waals surface area contributed by atoms with E-state index >= 15 is 0 Å². The zero-order chi connectivity index (χ0) is 11.4. The first-order valence-electron chi connectivity index (χ1n) is 5.57. The van der Waals surface area contributed by atoms with Gasteiger partial charge in [0.1, 0.15) is 0 Å². The number of hydrogen-bond acceptors (Lipinski definition) is 2. The molecule has 0 unspecified atom stereocenters. The first kappa shape index (κ1) is 14.1. The van der Waals surface area contributed by atoms with Crippen molar-refractivity contribution in [3.63, 3.8) is 0 Å². The zero-order valence-corrected chi connectivity index (χ0v) is 12.2. The highest BCUT2D eigenvalue weighted by atomic mass is 28.3. The molecule has 0 aromatic rings. The third-order valence-electron chi connectivity index (χ3n) is 2.58. The molecule has 0 amide bonds. The van der Waals surface area contributed by atoms with Gasteiger partial charge < -0.3 is 9.13 Å². The summed E-state index contributed by atoms with van der Waals surface area (Å²) in [7, 11) is 8.06. The molecule has 0 aliphatic rings. The Kier molecular flexibility index (Phi) is 5.94. The molecule has 14 heavy (non-hydrogen) atoms. The molecule has 3 heteroatoms. The van der Waals surface area contributed by atoms with E-state index in [1.165, 1.54) is 18.9 Å². The Balaban J connectivity index is 3.84. The average Bonchev–Trinajstić information content (AvgIpc) is 1.94. The first-order valence-corrected chi connectivity index (χ1v) is 7.42. The smallest absolute Gasteiger partial charge is 0.189 e. The summed E-state index contributed by atoms with van der Waals surface area (Å²) >= 11 is 0. The van der Waals surface area contributed by atoms with Crippen LogP contribution in [0.1, 0.15) is 33.6 Å². The first-order chi connectivity index (χ1) is 6.24. The summed E-state index contributed by atoms with van der Waals surface area (Å²) in [5.74, 6) is 0. The fourth-order valence-corrected chi connectivity index (χ4v) is 4.32. The van der Waals surface area contributed by atoms with Crippen LogP contribution >= 0.6 is 0 Å². The van der Waals surface area contributed by atoms with E-state index in [9.17, 15) is 0 Å². The quantitative estimate of drug-likeness (QED) is 0.650. The van der Waals surface area contributed by atoms with Crippen LogP contribution in [0.3, 0.4) is 0 Å². The number of hydrogen-bond donors (Lipinski definition) is 0. The molecule has 0 aliphatic heterocycles. The van der Waals surface area contributed by atoms with E-state index in [4.69, 9.17) is 0 Å². The Morgan fingerprint density at radius 3 is 1.64 bits per heavy atom. The van der Waals surface area contributed by atoms with Gasteiger partial charge in [0, 0.05) is 0 Å². The Morgan fingerprint density at radius 1 is 0.929 bits per heavy atom. The maximum atomic E-state index is 2.43. The summed E-state index contributed by atoms with van der Waals surface area (Å²) in [6.07, 6.45) is 2.72. The fraction of sp³-hybridized carbons (Fsp3) is 1.00. The lowest BCUT2D eigenvalue weighted by molar-refractivity contribution is 0.369. The molecule has 0 atom stereocenters. The lowest BCUT2D eigenvalue weighted by Crippen LogP contribution is -2.45. The third-order valence-corrected chi connectivity index (χ3v) is 5.89. The zero-order valence-electron chi connectivity index (χ0n) is 11.1. The lowest BCUT2D eigenvalue weighted by Gasteiger charge is -2.29. The highest BCUT2D eigenvalue weighted by Crippen LogP contribution is 2.22. The molecular weight excluding hydrogens is 188 g/mol. The summed E-state index contributed by atoms with van der Waals surface area (Å²) in [6.45, 7) is 6.98. The molecule has 0 heterocycles. The van der Waals surface area contributed by atoms with E-state index in [0.717, 1.165) is 0 Å². The van der Waals surface area contributed by atoms with Crippen LogP contribution in [-0.2, 0) is 0 Å². The maximum Gasteiger partial charge on any atom is 0.189 e. The van der Waals surface area contributed by atoms with E-state index in [1.54, 1.807) is 0 Å². The van der Waals surface area contributed by atoms with Gasteiger partial charge in [-0.3, -0.25) is 0 Å². The van der Waals surface area contributed by atoms with Gasteiger partial charge in [-0.05, 0) is 46.1 Å². The van der Waals surface area contributed by atoms with Gasteiger partial charge in [-0.2, -0.15) is 0 Å². The average molecular weight is 216 g/mol. The second-order valence-electron chi connectivity index (χ2n) is 5.86. The van der Waals surface area contributed by atoms with Gasteiger partial charge in [-0.1, -0.05) is 27.2 Å². The summed E-state index contributed by atoms with van der Waals surface area (Å²) in [5.41, 5.74) is 0.498. The van der Waals surface area contributed by atoms with Crippen molar-refractivity contribution < 1.29 is 0 Å². The molecule has 0 fully saturated rings. The Bertz CT molecular complexity index is 142. The van der Waals surface area contributed by atoms with Gasteiger partial charge in [0.05, 0.1) is 0 Å². The van der Waals surface area contributed by atoms with Gasteiger partial charge in [0.25, 0.3) is 0 Å². The molecule has 2 nitrogen and oxygen atoms in total. The van der Waals surface area contributed by atoms with Crippen LogP contribution < -0.4 is 0 Å². The van der Waals surface area contributed by atoms with Crippen molar-refractivity contribution >= 4 is 9.12 Å². The van der Waals surface area contributed by atoms with Crippen LogP contribution in [0.4, 0.5) is 0 Å². The molecule has 0 aliphatic carbocycles. The van der Waals surface area contributed by atoms with E-state index in [2.05, 4.69) is 58.1 Å². The van der Waals surface area contributed by atoms with Gasteiger partial charge in [0.15, 0.2) is 9.12 Å². The van der Waals surface area contributed by atoms with Gasteiger partial charge in [-0.25, -0.2) is 0 Å². The van der Waals surface area contributed by atoms with E-state index in [-0.39, 0.29) is 0 Å². The summed E-state index contributed by atoms with van der Waals surface area (Å²) < 4.78 is 4.87. The molecule has 0 saturated carbocycles. The minimum atomic E-state index is -0.803. The minimum Gasteiger partial charge on any atom is -0.320 e. The second kappa shape index (κ2) is 5.88. The van der Waals surface area contributed by atoms with E-state index in [0.29, 0.717) is 5.41 Å². The molecule has 0 saturated heterocycles. The van der Waals surface area contributed by atoms with Crippen molar-refractivity contribution in [2.75, 3.05) is 28.2 Å². The van der Waals surface area contributed by atoms with E-state index in [1.807, 2.05) is 0 Å². The highest BCUT2D eigenvalue weighted by Gasteiger charge is 2.18. The Labute approximate surface area is 92.0 Å². The van der Waals surface area contributed by atoms with Crippen molar-refractivity contribution in [2.24, 2.45) is 5.41 Å². The molecule has 0 bridgehead atoms. The van der Waals surface area contributed by atoms with Crippen LogP contribution in [-0.4, -0.2) is 46.4 Å². The SMILES string of the molecule is CN(C)[SiH](CCCC(C)(C)C)N(C)C. The number of nitrogens with zero attached hydrogens (tertiary/aromatic N) is 2. The third kappa shape index (κ3) is 6.57. The van der Waals surface area contributed by atoms with Crippen molar-refractivity contribution in [3.8, 4) is 0 Å². The Morgan fingerprint density at radius 2 is 1.36 bits per heavy atom. The standard InChI is InChI=1S/C11H28N2Si/c1-11(2,3)9-8-10-14(12(4)5)13(6)7/h14H,8-10H2,1-7H3. The van der Waals surface area contributed by atoms with Crippen LogP contribution in [0.5, 0.6) is 0 Å². The lowest BCUT2D eigenvalue weighted by atomic mass is 9.91. The van der Waals surface area contributed by atoms with Crippen molar-refractivity contribution in [1.82, 2.24) is 9.13 Å². The molecular formula is C11H28N2Si. The molecule has 0 spiro atoms. The predicted octanol–water partition coefficient (Wildman–Crippen LogP) is 2.16. The molecule has 0 N–H and O–H groups in total. The second-order valence-corrected chi connectivity index (χ2v) is 9.46. The molecule has 0 aromatic carbocycles. The fourth-order valence-electron chi connectivity index (χ4n) is 1.79. The van der Waals surface area contributed by atoms with Gasteiger partial charge in [-0.15, -0.1) is 0 Å². The van der Waals surface area contributed by atoms with Crippen LogP contribution in [0.25, 0.3) is 0 Å².